The summed E-state index contributed by atoms with van der Waals surface area (Å²) in [6.45, 7) is 1.75. The highest BCUT2D eigenvalue weighted by Gasteiger charge is 2.14. The molecule has 2 aromatic heterocycles. The normalized spacial score (nSPS) is 10.7. The fraction of sp³-hybridized carbons (Fsp3) is 0.0714. The molecule has 0 aliphatic heterocycles. The van der Waals surface area contributed by atoms with E-state index in [-0.39, 0.29) is 5.69 Å². The van der Waals surface area contributed by atoms with Crippen LogP contribution in [0.3, 0.4) is 0 Å². The van der Waals surface area contributed by atoms with Crippen molar-refractivity contribution in [2.45, 2.75) is 6.92 Å². The third kappa shape index (κ3) is 2.21. The molecule has 0 atom stereocenters. The zero-order chi connectivity index (χ0) is 14.1. The van der Waals surface area contributed by atoms with E-state index < -0.39 is 5.97 Å². The number of carboxylic acids is 1. The number of aryl methyl sites for hydroxylation is 1. The van der Waals surface area contributed by atoms with Gasteiger partial charge in [0.25, 0.3) is 0 Å². The van der Waals surface area contributed by atoms with E-state index in [1.165, 1.54) is 11.3 Å². The standard InChI is InChI=1S/C14H11N3O2S/c1-8-12(13(18)19)17-14(20-8)16-11-4-2-3-9-7-15-6-5-10(9)11/h2-7H,1H3,(H,16,17)(H,18,19). The number of hydrogen-bond donors (Lipinski definition) is 2. The van der Waals surface area contributed by atoms with Crippen molar-refractivity contribution in [1.82, 2.24) is 9.97 Å². The first kappa shape index (κ1) is 12.6. The van der Waals surface area contributed by atoms with Gasteiger partial charge >= 0.3 is 5.97 Å². The van der Waals surface area contributed by atoms with Crippen LogP contribution in [0, 0.1) is 6.92 Å². The van der Waals surface area contributed by atoms with E-state index in [1.54, 1.807) is 19.3 Å². The zero-order valence-corrected chi connectivity index (χ0v) is 11.4. The number of aromatic nitrogens is 2. The summed E-state index contributed by atoms with van der Waals surface area (Å²) < 4.78 is 0. The molecule has 0 aliphatic rings. The molecule has 0 saturated heterocycles. The number of thiazole rings is 1. The molecule has 0 bridgehead atoms. The summed E-state index contributed by atoms with van der Waals surface area (Å²) in [5.41, 5.74) is 0.981. The van der Waals surface area contributed by atoms with Crippen LogP contribution in [0.25, 0.3) is 10.8 Å². The summed E-state index contributed by atoms with van der Waals surface area (Å²) in [5.74, 6) is -1.01. The second kappa shape index (κ2) is 4.90. The third-order valence-electron chi connectivity index (χ3n) is 2.92. The third-order valence-corrected chi connectivity index (χ3v) is 3.81. The molecule has 6 heteroatoms. The first-order chi connectivity index (χ1) is 9.65. The number of carbonyl (C=O) groups is 1. The number of nitrogens with one attached hydrogen (secondary N) is 1. The fourth-order valence-corrected chi connectivity index (χ4v) is 2.81. The van der Waals surface area contributed by atoms with Gasteiger partial charge < -0.3 is 10.4 Å². The topological polar surface area (TPSA) is 75.1 Å². The predicted molar refractivity (Wildman–Crippen MR) is 78.8 cm³/mol. The molecule has 1 aromatic carbocycles. The lowest BCUT2D eigenvalue weighted by Crippen LogP contribution is -1.99. The highest BCUT2D eigenvalue weighted by Crippen LogP contribution is 2.29. The number of hydrogen-bond acceptors (Lipinski definition) is 5. The average molecular weight is 285 g/mol. The van der Waals surface area contributed by atoms with Gasteiger partial charge in [-0.3, -0.25) is 4.98 Å². The Labute approximate surface area is 118 Å². The minimum absolute atomic E-state index is 0.0967. The van der Waals surface area contributed by atoms with Crippen LogP contribution in [0.4, 0.5) is 10.8 Å². The zero-order valence-electron chi connectivity index (χ0n) is 10.6. The van der Waals surface area contributed by atoms with Gasteiger partial charge in [-0.15, -0.1) is 11.3 Å². The number of fused-ring (bicyclic) bond motifs is 1. The van der Waals surface area contributed by atoms with Crippen LogP contribution < -0.4 is 5.32 Å². The first-order valence-electron chi connectivity index (χ1n) is 5.95. The van der Waals surface area contributed by atoms with Crippen molar-refractivity contribution in [3.05, 3.63) is 47.2 Å². The number of carboxylic acid groups (broad SMARTS) is 1. The lowest BCUT2D eigenvalue weighted by atomic mass is 10.1. The highest BCUT2D eigenvalue weighted by molar-refractivity contribution is 7.15. The molecule has 100 valence electrons. The average Bonchev–Trinajstić information content (AvgIpc) is 2.80. The Kier molecular flexibility index (Phi) is 3.08. The van der Waals surface area contributed by atoms with Crippen molar-refractivity contribution in [2.75, 3.05) is 5.32 Å². The highest BCUT2D eigenvalue weighted by atomic mass is 32.1. The Bertz CT molecular complexity index is 793. The summed E-state index contributed by atoms with van der Waals surface area (Å²) >= 11 is 1.33. The van der Waals surface area contributed by atoms with Crippen LogP contribution in [-0.4, -0.2) is 21.0 Å². The Balaban J connectivity index is 2.01. The van der Waals surface area contributed by atoms with Gasteiger partial charge in [0.15, 0.2) is 10.8 Å². The van der Waals surface area contributed by atoms with Crippen LogP contribution in [0.5, 0.6) is 0 Å². The van der Waals surface area contributed by atoms with Gasteiger partial charge in [-0.05, 0) is 19.1 Å². The number of aromatic carboxylic acids is 1. The molecule has 0 spiro atoms. The van der Waals surface area contributed by atoms with Crippen molar-refractivity contribution < 1.29 is 9.90 Å². The molecule has 3 aromatic rings. The van der Waals surface area contributed by atoms with Gasteiger partial charge in [0.2, 0.25) is 0 Å². The van der Waals surface area contributed by atoms with Crippen molar-refractivity contribution in [2.24, 2.45) is 0 Å². The Morgan fingerprint density at radius 3 is 2.95 bits per heavy atom. The molecule has 0 unspecified atom stereocenters. The molecule has 0 aliphatic carbocycles. The maximum atomic E-state index is 11.0. The van der Waals surface area contributed by atoms with E-state index in [2.05, 4.69) is 15.3 Å². The van der Waals surface area contributed by atoms with Crippen LogP contribution in [-0.2, 0) is 0 Å². The lowest BCUT2D eigenvalue weighted by molar-refractivity contribution is 0.0690. The molecule has 0 fully saturated rings. The van der Waals surface area contributed by atoms with E-state index >= 15 is 0 Å². The quantitative estimate of drug-likeness (QED) is 0.771. The molecule has 2 heterocycles. The van der Waals surface area contributed by atoms with Gasteiger partial charge in [-0.1, -0.05) is 12.1 Å². The molecule has 0 saturated carbocycles. The summed E-state index contributed by atoms with van der Waals surface area (Å²) in [7, 11) is 0. The molecule has 0 radical (unpaired) electrons. The maximum absolute atomic E-state index is 11.0. The lowest BCUT2D eigenvalue weighted by Gasteiger charge is -2.06. The van der Waals surface area contributed by atoms with Crippen molar-refractivity contribution in [1.29, 1.82) is 0 Å². The summed E-state index contributed by atoms with van der Waals surface area (Å²) in [6, 6.07) is 7.74. The number of benzene rings is 1. The molecule has 0 amide bonds. The fourth-order valence-electron chi connectivity index (χ4n) is 2.00. The molecule has 5 nitrogen and oxygen atoms in total. The van der Waals surface area contributed by atoms with E-state index in [1.807, 2.05) is 24.3 Å². The van der Waals surface area contributed by atoms with Gasteiger partial charge in [0, 0.05) is 33.7 Å². The largest absolute Gasteiger partial charge is 0.476 e. The summed E-state index contributed by atoms with van der Waals surface area (Å²) in [6.07, 6.45) is 3.51. The number of nitrogens with zero attached hydrogens (tertiary/aromatic N) is 2. The Hall–Kier alpha value is -2.47. The Morgan fingerprint density at radius 1 is 1.35 bits per heavy atom. The van der Waals surface area contributed by atoms with Crippen LogP contribution in [0.15, 0.2) is 36.7 Å². The number of anilines is 2. The Morgan fingerprint density at radius 2 is 2.20 bits per heavy atom. The minimum atomic E-state index is -1.01. The minimum Gasteiger partial charge on any atom is -0.476 e. The van der Waals surface area contributed by atoms with Gasteiger partial charge in [-0.2, -0.15) is 0 Å². The molecule has 3 rings (SSSR count). The SMILES string of the molecule is Cc1sc(Nc2cccc3cnccc23)nc1C(=O)O. The number of rotatable bonds is 3. The van der Waals surface area contributed by atoms with E-state index in [9.17, 15) is 4.79 Å². The molecular weight excluding hydrogens is 274 g/mol. The van der Waals surface area contributed by atoms with Gasteiger partial charge in [-0.25, -0.2) is 9.78 Å². The predicted octanol–water partition coefficient (Wildman–Crippen LogP) is 3.44. The van der Waals surface area contributed by atoms with Gasteiger partial charge in [0.05, 0.1) is 0 Å². The van der Waals surface area contributed by atoms with Crippen molar-refractivity contribution in [3.63, 3.8) is 0 Å². The summed E-state index contributed by atoms with van der Waals surface area (Å²) in [5, 5.41) is 14.8. The maximum Gasteiger partial charge on any atom is 0.355 e. The smallest absolute Gasteiger partial charge is 0.355 e. The molecular formula is C14H11N3O2S. The van der Waals surface area contributed by atoms with Crippen LogP contribution >= 0.6 is 11.3 Å². The monoisotopic (exact) mass is 285 g/mol. The van der Waals surface area contributed by atoms with E-state index in [0.29, 0.717) is 10.0 Å². The van der Waals surface area contributed by atoms with E-state index in [0.717, 1.165) is 16.5 Å². The first-order valence-corrected chi connectivity index (χ1v) is 6.77. The molecule has 20 heavy (non-hydrogen) atoms. The van der Waals surface area contributed by atoms with Gasteiger partial charge in [0.1, 0.15) is 0 Å². The van der Waals surface area contributed by atoms with Crippen molar-refractivity contribution >= 4 is 38.9 Å². The van der Waals surface area contributed by atoms with E-state index in [4.69, 9.17) is 5.11 Å². The van der Waals surface area contributed by atoms with Crippen LogP contribution in [0.1, 0.15) is 15.4 Å². The second-order valence-electron chi connectivity index (χ2n) is 4.26. The van der Waals surface area contributed by atoms with Crippen LogP contribution in [0.2, 0.25) is 0 Å². The second-order valence-corrected chi connectivity index (χ2v) is 5.46. The molecule has 2 N–H and O–H groups in total. The number of pyridine rings is 1. The summed E-state index contributed by atoms with van der Waals surface area (Å²) in [4.78, 5) is 19.9. The van der Waals surface area contributed by atoms with Crippen molar-refractivity contribution in [3.8, 4) is 0 Å².